The number of rotatable bonds is 3. The lowest BCUT2D eigenvalue weighted by molar-refractivity contribution is -0.137. The first kappa shape index (κ1) is 14.9. The second-order valence-corrected chi connectivity index (χ2v) is 4.53. The lowest BCUT2D eigenvalue weighted by Gasteiger charge is -2.12. The number of pyridine rings is 1. The molecule has 0 spiro atoms. The number of benzene rings is 1. The van der Waals surface area contributed by atoms with Crippen LogP contribution in [0.2, 0.25) is 0 Å². The molecule has 21 heavy (non-hydrogen) atoms. The number of aromatic nitrogens is 1. The summed E-state index contributed by atoms with van der Waals surface area (Å²) in [6.07, 6.45) is -1.16. The third-order valence-electron chi connectivity index (χ3n) is 3.06. The van der Waals surface area contributed by atoms with E-state index in [1.165, 1.54) is 12.1 Å². The van der Waals surface area contributed by atoms with Crippen LogP contribution in [0.1, 0.15) is 22.3 Å². The van der Waals surface area contributed by atoms with Crippen molar-refractivity contribution in [1.82, 2.24) is 4.98 Å². The molecule has 0 aliphatic carbocycles. The molecular formula is C15H12F3N3. The molecule has 0 aliphatic rings. The van der Waals surface area contributed by atoms with Gasteiger partial charge in [-0.1, -0.05) is 0 Å². The number of nitrogens with one attached hydrogen (secondary N) is 1. The molecule has 0 unspecified atom stereocenters. The quantitative estimate of drug-likeness (QED) is 0.933. The van der Waals surface area contributed by atoms with E-state index in [0.717, 1.165) is 17.2 Å². The minimum Gasteiger partial charge on any atom is -0.381 e. The molecule has 1 N–H and O–H groups in total. The van der Waals surface area contributed by atoms with Crippen LogP contribution in [0.5, 0.6) is 0 Å². The fourth-order valence-corrected chi connectivity index (χ4v) is 1.89. The maximum Gasteiger partial charge on any atom is 0.417 e. The Labute approximate surface area is 120 Å². The van der Waals surface area contributed by atoms with E-state index in [2.05, 4.69) is 10.3 Å². The van der Waals surface area contributed by atoms with Gasteiger partial charge in [0, 0.05) is 24.6 Å². The van der Waals surface area contributed by atoms with Gasteiger partial charge in [-0.25, -0.2) is 0 Å². The van der Waals surface area contributed by atoms with E-state index in [9.17, 15) is 13.2 Å². The van der Waals surface area contributed by atoms with Crippen molar-refractivity contribution in [2.75, 3.05) is 5.32 Å². The summed E-state index contributed by atoms with van der Waals surface area (Å²) in [6.45, 7) is 2.35. The highest BCUT2D eigenvalue weighted by Crippen LogP contribution is 2.33. The molecule has 0 atom stereocenters. The Bertz CT molecular complexity index is 687. The molecule has 1 heterocycles. The Hall–Kier alpha value is -2.55. The van der Waals surface area contributed by atoms with Gasteiger partial charge in [0.1, 0.15) is 0 Å². The summed E-state index contributed by atoms with van der Waals surface area (Å²) < 4.78 is 38.1. The number of halogens is 3. The van der Waals surface area contributed by atoms with Crippen molar-refractivity contribution in [3.8, 4) is 6.07 Å². The number of hydrogen-bond acceptors (Lipinski definition) is 3. The Kier molecular flexibility index (Phi) is 4.13. The zero-order valence-corrected chi connectivity index (χ0v) is 11.2. The third-order valence-corrected chi connectivity index (χ3v) is 3.06. The molecule has 0 aliphatic heterocycles. The molecule has 0 bridgehead atoms. The molecule has 1 aromatic heterocycles. The first-order chi connectivity index (χ1) is 9.91. The zero-order valence-electron chi connectivity index (χ0n) is 11.2. The van der Waals surface area contributed by atoms with Crippen molar-refractivity contribution in [3.05, 3.63) is 58.9 Å². The average molecular weight is 291 g/mol. The molecule has 0 saturated carbocycles. The van der Waals surface area contributed by atoms with Gasteiger partial charge in [0.25, 0.3) is 0 Å². The predicted octanol–water partition coefficient (Wildman–Crippen LogP) is 3.89. The molecule has 3 nitrogen and oxygen atoms in total. The van der Waals surface area contributed by atoms with Crippen LogP contribution in [0.3, 0.4) is 0 Å². The van der Waals surface area contributed by atoms with E-state index in [1.54, 1.807) is 18.5 Å². The maximum absolute atomic E-state index is 12.7. The number of aryl methyl sites for hydroxylation is 1. The molecule has 1 aromatic carbocycles. The summed E-state index contributed by atoms with van der Waals surface area (Å²) in [5.74, 6) is 0. The van der Waals surface area contributed by atoms with Crippen LogP contribution in [0.25, 0.3) is 0 Å². The van der Waals surface area contributed by atoms with Gasteiger partial charge in [0.2, 0.25) is 0 Å². The number of alkyl halides is 3. The van der Waals surface area contributed by atoms with Crippen molar-refractivity contribution in [2.24, 2.45) is 0 Å². The van der Waals surface area contributed by atoms with E-state index in [0.29, 0.717) is 12.2 Å². The Morgan fingerprint density at radius 1 is 1.29 bits per heavy atom. The van der Waals surface area contributed by atoms with Crippen molar-refractivity contribution >= 4 is 5.69 Å². The molecule has 0 saturated heterocycles. The molecule has 108 valence electrons. The molecule has 2 rings (SSSR count). The number of nitrogens with zero attached hydrogens (tertiary/aromatic N) is 2. The largest absolute Gasteiger partial charge is 0.417 e. The Morgan fingerprint density at radius 3 is 2.67 bits per heavy atom. The molecule has 2 aromatic rings. The van der Waals surface area contributed by atoms with Gasteiger partial charge < -0.3 is 5.32 Å². The highest BCUT2D eigenvalue weighted by atomic mass is 19.4. The van der Waals surface area contributed by atoms with Crippen molar-refractivity contribution < 1.29 is 13.2 Å². The smallest absolute Gasteiger partial charge is 0.381 e. The number of hydrogen-bond donors (Lipinski definition) is 1. The molecule has 0 amide bonds. The highest BCUT2D eigenvalue weighted by molar-refractivity contribution is 5.54. The minimum atomic E-state index is -4.52. The average Bonchev–Trinajstić information content (AvgIpc) is 2.45. The Morgan fingerprint density at radius 2 is 2.05 bits per heavy atom. The van der Waals surface area contributed by atoms with Crippen molar-refractivity contribution in [3.63, 3.8) is 0 Å². The van der Waals surface area contributed by atoms with E-state index in [1.807, 2.05) is 13.0 Å². The summed E-state index contributed by atoms with van der Waals surface area (Å²) in [4.78, 5) is 3.97. The lowest BCUT2D eigenvalue weighted by Crippen LogP contribution is -2.09. The molecule has 0 radical (unpaired) electrons. The SMILES string of the molecule is Cc1cnccc1CNc1ccc(C(F)(F)F)c(C#N)c1. The number of anilines is 1. The van der Waals surface area contributed by atoms with Gasteiger partial charge in [-0.2, -0.15) is 18.4 Å². The fourth-order valence-electron chi connectivity index (χ4n) is 1.89. The van der Waals surface area contributed by atoms with Gasteiger partial charge in [0.15, 0.2) is 0 Å². The van der Waals surface area contributed by atoms with Crippen LogP contribution < -0.4 is 5.32 Å². The van der Waals surface area contributed by atoms with Gasteiger partial charge >= 0.3 is 6.18 Å². The van der Waals surface area contributed by atoms with Gasteiger partial charge in [-0.3, -0.25) is 4.98 Å². The zero-order chi connectivity index (χ0) is 15.5. The summed E-state index contributed by atoms with van der Waals surface area (Å²) in [5.41, 5.74) is 1.13. The third kappa shape index (κ3) is 3.51. The van der Waals surface area contributed by atoms with Crippen LogP contribution in [-0.4, -0.2) is 4.98 Å². The van der Waals surface area contributed by atoms with E-state index >= 15 is 0 Å². The van der Waals surface area contributed by atoms with Crippen molar-refractivity contribution in [2.45, 2.75) is 19.6 Å². The molecule has 6 heteroatoms. The fraction of sp³-hybridized carbons (Fsp3) is 0.200. The van der Waals surface area contributed by atoms with Gasteiger partial charge in [-0.05, 0) is 42.3 Å². The van der Waals surface area contributed by atoms with E-state index in [-0.39, 0.29) is 5.56 Å². The van der Waals surface area contributed by atoms with Gasteiger partial charge in [0.05, 0.1) is 17.2 Å². The molecule has 0 fully saturated rings. The van der Waals surface area contributed by atoms with Crippen LogP contribution in [-0.2, 0) is 12.7 Å². The monoisotopic (exact) mass is 291 g/mol. The van der Waals surface area contributed by atoms with Crippen LogP contribution >= 0.6 is 0 Å². The topological polar surface area (TPSA) is 48.7 Å². The maximum atomic E-state index is 12.7. The van der Waals surface area contributed by atoms with Crippen LogP contribution in [0.4, 0.5) is 18.9 Å². The van der Waals surface area contributed by atoms with Crippen LogP contribution in [0.15, 0.2) is 36.7 Å². The first-order valence-electron chi connectivity index (χ1n) is 6.16. The van der Waals surface area contributed by atoms with E-state index < -0.39 is 11.7 Å². The minimum absolute atomic E-state index is 0.390. The van der Waals surface area contributed by atoms with Crippen LogP contribution in [0, 0.1) is 18.3 Å². The van der Waals surface area contributed by atoms with Gasteiger partial charge in [-0.15, -0.1) is 0 Å². The summed E-state index contributed by atoms with van der Waals surface area (Å²) in [7, 11) is 0. The van der Waals surface area contributed by atoms with Crippen molar-refractivity contribution in [1.29, 1.82) is 5.26 Å². The first-order valence-corrected chi connectivity index (χ1v) is 6.16. The normalized spacial score (nSPS) is 11.0. The van der Waals surface area contributed by atoms with E-state index in [4.69, 9.17) is 5.26 Å². The second kappa shape index (κ2) is 5.83. The predicted molar refractivity (Wildman–Crippen MR) is 72.5 cm³/mol. The summed E-state index contributed by atoms with van der Waals surface area (Å²) in [6, 6.07) is 6.86. The highest BCUT2D eigenvalue weighted by Gasteiger charge is 2.33. The summed E-state index contributed by atoms with van der Waals surface area (Å²) in [5, 5.41) is 11.9. The molecular weight excluding hydrogens is 279 g/mol. The standard InChI is InChI=1S/C15H12F3N3/c1-10-8-20-5-4-11(10)9-21-13-2-3-14(15(16,17)18)12(6-13)7-19/h2-6,8,21H,9H2,1H3. The second-order valence-electron chi connectivity index (χ2n) is 4.53. The summed E-state index contributed by atoms with van der Waals surface area (Å²) >= 11 is 0. The lowest BCUT2D eigenvalue weighted by atomic mass is 10.1. The Balaban J connectivity index is 2.19. The number of nitriles is 1.